The molecular formula is C20H33N3O2. The van der Waals surface area contributed by atoms with Crippen LogP contribution in [0.1, 0.15) is 59.1 Å². The number of fused-ring (bicyclic) bond motifs is 1. The van der Waals surface area contributed by atoms with Gasteiger partial charge in [-0.25, -0.2) is 0 Å². The van der Waals surface area contributed by atoms with Crippen LogP contribution in [0.4, 0.5) is 0 Å². The summed E-state index contributed by atoms with van der Waals surface area (Å²) in [6.07, 6.45) is 2.09. The smallest absolute Gasteiger partial charge is 0.191 e. The first-order valence-corrected chi connectivity index (χ1v) is 9.35. The van der Waals surface area contributed by atoms with E-state index in [1.54, 1.807) is 0 Å². The maximum Gasteiger partial charge on any atom is 0.191 e. The third-order valence-corrected chi connectivity index (χ3v) is 4.06. The highest BCUT2D eigenvalue weighted by Gasteiger charge is 2.33. The minimum absolute atomic E-state index is 0.185. The molecule has 1 aliphatic rings. The van der Waals surface area contributed by atoms with E-state index in [-0.39, 0.29) is 17.7 Å². The van der Waals surface area contributed by atoms with Crippen LogP contribution in [-0.2, 0) is 4.74 Å². The predicted molar refractivity (Wildman–Crippen MR) is 103 cm³/mol. The van der Waals surface area contributed by atoms with Crippen molar-refractivity contribution in [3.63, 3.8) is 0 Å². The first-order valence-electron chi connectivity index (χ1n) is 9.35. The van der Waals surface area contributed by atoms with E-state index >= 15 is 0 Å². The molecule has 1 atom stereocenters. The Morgan fingerprint density at radius 2 is 2.12 bits per heavy atom. The van der Waals surface area contributed by atoms with Crippen LogP contribution in [0.25, 0.3) is 0 Å². The number of guanidine groups is 1. The van der Waals surface area contributed by atoms with E-state index in [9.17, 15) is 0 Å². The largest absolute Gasteiger partial charge is 0.487 e. The first kappa shape index (κ1) is 19.6. The van der Waals surface area contributed by atoms with Crippen LogP contribution in [0.2, 0.25) is 0 Å². The third-order valence-electron chi connectivity index (χ3n) is 4.06. The van der Waals surface area contributed by atoms with E-state index in [1.165, 1.54) is 5.56 Å². The molecule has 1 aromatic carbocycles. The summed E-state index contributed by atoms with van der Waals surface area (Å²) in [5.41, 5.74) is 0.990. The lowest BCUT2D eigenvalue weighted by Gasteiger charge is -2.38. The lowest BCUT2D eigenvalue weighted by Crippen LogP contribution is -2.45. The number of aliphatic imine (C=N–C) groups is 1. The minimum Gasteiger partial charge on any atom is -0.487 e. The Labute approximate surface area is 152 Å². The van der Waals surface area contributed by atoms with Crippen molar-refractivity contribution < 1.29 is 9.47 Å². The molecule has 0 spiro atoms. The van der Waals surface area contributed by atoms with Crippen LogP contribution in [-0.4, -0.2) is 37.4 Å². The highest BCUT2D eigenvalue weighted by atomic mass is 16.5. The van der Waals surface area contributed by atoms with Crippen molar-refractivity contribution in [3.05, 3.63) is 29.8 Å². The summed E-state index contributed by atoms with van der Waals surface area (Å²) < 4.78 is 11.7. The molecule has 0 bridgehead atoms. The number of rotatable bonds is 7. The van der Waals surface area contributed by atoms with Gasteiger partial charge in [0.25, 0.3) is 0 Å². The van der Waals surface area contributed by atoms with Gasteiger partial charge in [0.2, 0.25) is 0 Å². The number of ether oxygens (including phenoxy) is 2. The molecular weight excluding hydrogens is 314 g/mol. The molecule has 0 fully saturated rings. The molecule has 0 saturated heterocycles. The Morgan fingerprint density at radius 3 is 2.84 bits per heavy atom. The molecule has 140 valence electrons. The molecule has 0 saturated carbocycles. The van der Waals surface area contributed by atoms with Gasteiger partial charge in [-0.05, 0) is 47.1 Å². The summed E-state index contributed by atoms with van der Waals surface area (Å²) in [5.74, 6) is 1.81. The lowest BCUT2D eigenvalue weighted by atomic mass is 9.90. The van der Waals surface area contributed by atoms with Gasteiger partial charge in [0.1, 0.15) is 11.4 Å². The van der Waals surface area contributed by atoms with E-state index in [0.29, 0.717) is 0 Å². The van der Waals surface area contributed by atoms with Crippen LogP contribution in [0, 0.1) is 0 Å². The van der Waals surface area contributed by atoms with Gasteiger partial charge in [-0.3, -0.25) is 4.99 Å². The van der Waals surface area contributed by atoms with Gasteiger partial charge in [0, 0.05) is 31.7 Å². The van der Waals surface area contributed by atoms with Gasteiger partial charge in [-0.2, -0.15) is 0 Å². The number of hydrogen-bond acceptors (Lipinski definition) is 3. The van der Waals surface area contributed by atoms with Crippen molar-refractivity contribution in [1.82, 2.24) is 10.6 Å². The summed E-state index contributed by atoms with van der Waals surface area (Å²) in [6.45, 7) is 12.8. The quantitative estimate of drug-likeness (QED) is 0.449. The fraction of sp³-hybridized carbons (Fsp3) is 0.650. The highest BCUT2D eigenvalue weighted by molar-refractivity contribution is 5.80. The molecule has 5 nitrogen and oxygen atoms in total. The van der Waals surface area contributed by atoms with Crippen LogP contribution >= 0.6 is 0 Å². The van der Waals surface area contributed by atoms with Crippen LogP contribution < -0.4 is 15.4 Å². The zero-order valence-corrected chi connectivity index (χ0v) is 16.3. The second-order valence-electron chi connectivity index (χ2n) is 7.33. The number of benzene rings is 1. The van der Waals surface area contributed by atoms with Gasteiger partial charge in [-0.1, -0.05) is 18.2 Å². The predicted octanol–water partition coefficient (Wildman–Crippen LogP) is 3.66. The van der Waals surface area contributed by atoms with Crippen LogP contribution in [0.15, 0.2) is 29.3 Å². The average molecular weight is 348 g/mol. The molecule has 1 heterocycles. The molecule has 25 heavy (non-hydrogen) atoms. The van der Waals surface area contributed by atoms with Crippen molar-refractivity contribution >= 4 is 5.96 Å². The zero-order valence-electron chi connectivity index (χ0n) is 16.3. The third kappa shape index (κ3) is 6.24. The maximum atomic E-state index is 6.11. The lowest BCUT2D eigenvalue weighted by molar-refractivity contribution is 0.0694. The standard InChI is InChI=1S/C20H33N3O2/c1-6-21-19(22-12-9-13-24-15(2)3)23-17-14-20(4,5)25-18-11-8-7-10-16(17)18/h7-8,10-11,15,17H,6,9,12-14H2,1-5H3,(H2,21,22,23). The molecule has 1 unspecified atom stereocenters. The molecule has 0 radical (unpaired) electrons. The highest BCUT2D eigenvalue weighted by Crippen LogP contribution is 2.39. The molecule has 2 N–H and O–H groups in total. The Morgan fingerprint density at radius 1 is 1.36 bits per heavy atom. The maximum absolute atomic E-state index is 6.11. The van der Waals surface area contributed by atoms with E-state index in [2.05, 4.69) is 57.4 Å². The fourth-order valence-corrected chi connectivity index (χ4v) is 2.99. The van der Waals surface area contributed by atoms with E-state index in [0.717, 1.165) is 44.2 Å². The van der Waals surface area contributed by atoms with Gasteiger partial charge in [0.15, 0.2) is 5.96 Å². The zero-order chi connectivity index (χ0) is 18.3. The molecule has 5 heteroatoms. The SMILES string of the molecule is CCNC(=NCCCOC(C)C)NC1CC(C)(C)Oc2ccccc21. The normalized spacial score (nSPS) is 19.3. The average Bonchev–Trinajstić information content (AvgIpc) is 2.53. The van der Waals surface area contributed by atoms with Gasteiger partial charge >= 0.3 is 0 Å². The second kappa shape index (κ2) is 9.09. The van der Waals surface area contributed by atoms with Crippen molar-refractivity contribution in [3.8, 4) is 5.75 Å². The molecule has 1 aromatic rings. The first-order chi connectivity index (χ1) is 11.9. The summed E-state index contributed by atoms with van der Waals surface area (Å²) in [6, 6.07) is 8.43. The summed E-state index contributed by atoms with van der Waals surface area (Å²) in [5, 5.41) is 6.93. The van der Waals surface area contributed by atoms with Crippen molar-refractivity contribution in [2.45, 2.75) is 65.2 Å². The topological polar surface area (TPSA) is 54.9 Å². The Balaban J connectivity index is 2.03. The molecule has 0 aromatic heterocycles. The van der Waals surface area contributed by atoms with Gasteiger partial charge in [-0.15, -0.1) is 0 Å². The van der Waals surface area contributed by atoms with Crippen LogP contribution in [0.3, 0.4) is 0 Å². The Bertz CT molecular complexity index is 570. The van der Waals surface area contributed by atoms with Crippen molar-refractivity contribution in [1.29, 1.82) is 0 Å². The summed E-state index contributed by atoms with van der Waals surface area (Å²) in [7, 11) is 0. The van der Waals surface area contributed by atoms with Gasteiger partial charge < -0.3 is 20.1 Å². The Kier molecular flexibility index (Phi) is 7.12. The van der Waals surface area contributed by atoms with E-state index in [1.807, 2.05) is 12.1 Å². The molecule has 2 rings (SSSR count). The van der Waals surface area contributed by atoms with E-state index < -0.39 is 0 Å². The molecule has 0 aliphatic carbocycles. The number of nitrogens with one attached hydrogen (secondary N) is 2. The monoisotopic (exact) mass is 347 g/mol. The summed E-state index contributed by atoms with van der Waals surface area (Å²) in [4.78, 5) is 4.70. The second-order valence-corrected chi connectivity index (χ2v) is 7.33. The van der Waals surface area contributed by atoms with Gasteiger partial charge in [0.05, 0.1) is 12.1 Å². The Hall–Kier alpha value is -1.75. The minimum atomic E-state index is -0.200. The fourth-order valence-electron chi connectivity index (χ4n) is 2.99. The van der Waals surface area contributed by atoms with E-state index in [4.69, 9.17) is 14.5 Å². The van der Waals surface area contributed by atoms with Crippen molar-refractivity contribution in [2.24, 2.45) is 4.99 Å². The molecule has 0 amide bonds. The van der Waals surface area contributed by atoms with Crippen LogP contribution in [0.5, 0.6) is 5.75 Å². The number of nitrogens with zero attached hydrogens (tertiary/aromatic N) is 1. The molecule has 1 aliphatic heterocycles. The number of hydrogen-bond donors (Lipinski definition) is 2. The van der Waals surface area contributed by atoms with Crippen molar-refractivity contribution in [2.75, 3.05) is 19.7 Å². The summed E-state index contributed by atoms with van der Waals surface area (Å²) >= 11 is 0. The number of para-hydroxylation sites is 1.